The van der Waals surface area contributed by atoms with Gasteiger partial charge in [0.25, 0.3) is 0 Å². The third kappa shape index (κ3) is 4.92. The highest BCUT2D eigenvalue weighted by molar-refractivity contribution is 7.89. The summed E-state index contributed by atoms with van der Waals surface area (Å²) in [6.07, 6.45) is 4.48. The Bertz CT molecular complexity index is 626. The van der Waals surface area contributed by atoms with Crippen molar-refractivity contribution in [2.45, 2.75) is 43.2 Å². The molecule has 1 aromatic carbocycles. The Hall–Kier alpha value is -0.660. The van der Waals surface area contributed by atoms with Gasteiger partial charge in [-0.1, -0.05) is 12.1 Å². The number of nitrogens with one attached hydrogen (secondary N) is 1. The quantitative estimate of drug-likeness (QED) is 0.796. The smallest absolute Gasteiger partial charge is 0.243 e. The second-order valence-corrected chi connectivity index (χ2v) is 8.55. The first kappa shape index (κ1) is 19.7. The minimum absolute atomic E-state index is 0. The molecule has 1 heterocycles. The van der Waals surface area contributed by atoms with Crippen LogP contribution in [0.15, 0.2) is 29.2 Å². The van der Waals surface area contributed by atoms with Crippen LogP contribution in [-0.2, 0) is 21.4 Å². The normalized spacial score (nSPS) is 19.9. The summed E-state index contributed by atoms with van der Waals surface area (Å²) in [4.78, 5) is 0.372. The van der Waals surface area contributed by atoms with E-state index in [1.54, 1.807) is 29.6 Å². The maximum atomic E-state index is 12.8. The van der Waals surface area contributed by atoms with E-state index in [2.05, 4.69) is 5.32 Å². The monoisotopic (exact) mass is 374 g/mol. The second kappa shape index (κ2) is 8.63. The van der Waals surface area contributed by atoms with E-state index in [0.717, 1.165) is 30.9 Å². The molecule has 0 amide bonds. The Kier molecular flexibility index (Phi) is 7.07. The lowest BCUT2D eigenvalue weighted by atomic mass is 10.1. The molecule has 136 valence electrons. The Balaban J connectivity index is 0.00000208. The van der Waals surface area contributed by atoms with Crippen molar-refractivity contribution in [3.05, 3.63) is 29.8 Å². The van der Waals surface area contributed by atoms with E-state index in [4.69, 9.17) is 4.74 Å². The fourth-order valence-corrected chi connectivity index (χ4v) is 4.61. The molecule has 7 heteroatoms. The molecule has 24 heavy (non-hydrogen) atoms. The van der Waals surface area contributed by atoms with Crippen LogP contribution in [-0.4, -0.2) is 45.5 Å². The van der Waals surface area contributed by atoms with E-state index in [9.17, 15) is 8.42 Å². The summed E-state index contributed by atoms with van der Waals surface area (Å²) in [6.45, 7) is 2.71. The lowest BCUT2D eigenvalue weighted by Crippen LogP contribution is -2.45. The lowest BCUT2D eigenvalue weighted by Gasteiger charge is -2.31. The van der Waals surface area contributed by atoms with E-state index >= 15 is 0 Å². The van der Waals surface area contributed by atoms with Crippen LogP contribution < -0.4 is 5.32 Å². The molecule has 0 bridgehead atoms. The summed E-state index contributed by atoms with van der Waals surface area (Å²) in [7, 11) is -1.78. The SMILES string of the molecule is COCc1cccc(S(=O)(=O)N2CCC(NCC3CC3)CC2)c1.Cl. The predicted octanol–water partition coefficient (Wildman–Crippen LogP) is 2.41. The highest BCUT2D eigenvalue weighted by Crippen LogP contribution is 2.28. The molecule has 1 aliphatic heterocycles. The van der Waals surface area contributed by atoms with Crippen LogP contribution >= 0.6 is 12.4 Å². The van der Waals surface area contributed by atoms with Crippen LogP contribution in [0.3, 0.4) is 0 Å². The molecule has 1 aromatic rings. The third-order valence-electron chi connectivity index (χ3n) is 4.69. The number of halogens is 1. The minimum atomic E-state index is -3.40. The summed E-state index contributed by atoms with van der Waals surface area (Å²) < 4.78 is 32.3. The first-order valence-corrected chi connectivity index (χ1v) is 9.85. The largest absolute Gasteiger partial charge is 0.380 e. The van der Waals surface area contributed by atoms with E-state index in [-0.39, 0.29) is 12.4 Å². The molecule has 2 fully saturated rings. The second-order valence-electron chi connectivity index (χ2n) is 6.61. The van der Waals surface area contributed by atoms with Gasteiger partial charge in [0.15, 0.2) is 0 Å². The fourth-order valence-electron chi connectivity index (χ4n) is 3.07. The van der Waals surface area contributed by atoms with Crippen LogP contribution in [0.2, 0.25) is 0 Å². The van der Waals surface area contributed by atoms with Gasteiger partial charge in [-0.2, -0.15) is 4.31 Å². The molecule has 1 aliphatic carbocycles. The van der Waals surface area contributed by atoms with Crippen LogP contribution in [0.1, 0.15) is 31.2 Å². The maximum absolute atomic E-state index is 12.8. The van der Waals surface area contributed by atoms with Crippen molar-refractivity contribution in [1.29, 1.82) is 0 Å². The number of methoxy groups -OCH3 is 1. The van der Waals surface area contributed by atoms with Gasteiger partial charge in [0.1, 0.15) is 0 Å². The van der Waals surface area contributed by atoms with Crippen molar-refractivity contribution in [1.82, 2.24) is 9.62 Å². The van der Waals surface area contributed by atoms with Gasteiger partial charge in [-0.25, -0.2) is 8.42 Å². The van der Waals surface area contributed by atoms with Crippen molar-refractivity contribution < 1.29 is 13.2 Å². The number of rotatable bonds is 7. The van der Waals surface area contributed by atoms with Gasteiger partial charge in [-0.15, -0.1) is 12.4 Å². The van der Waals surface area contributed by atoms with Gasteiger partial charge in [0.2, 0.25) is 10.0 Å². The molecule has 0 unspecified atom stereocenters. The lowest BCUT2D eigenvalue weighted by molar-refractivity contribution is 0.184. The highest BCUT2D eigenvalue weighted by atomic mass is 35.5. The van der Waals surface area contributed by atoms with Gasteiger partial charge < -0.3 is 10.1 Å². The molecule has 0 atom stereocenters. The Morgan fingerprint density at radius 3 is 2.54 bits per heavy atom. The van der Waals surface area contributed by atoms with Gasteiger partial charge in [0.05, 0.1) is 11.5 Å². The van der Waals surface area contributed by atoms with E-state index in [1.807, 2.05) is 6.07 Å². The summed E-state index contributed by atoms with van der Waals surface area (Å²) in [5.41, 5.74) is 0.884. The highest BCUT2D eigenvalue weighted by Gasteiger charge is 2.30. The first-order chi connectivity index (χ1) is 11.1. The molecule has 0 spiro atoms. The number of sulfonamides is 1. The zero-order chi connectivity index (χ0) is 16.3. The number of hydrogen-bond acceptors (Lipinski definition) is 4. The standard InChI is InChI=1S/C17H26N2O3S.ClH/c1-22-13-15-3-2-4-17(11-15)23(20,21)19-9-7-16(8-10-19)18-12-14-5-6-14;/h2-4,11,14,16,18H,5-10,12-13H2,1H3;1H. The van der Waals surface area contributed by atoms with Gasteiger partial charge in [-0.3, -0.25) is 0 Å². The van der Waals surface area contributed by atoms with E-state index in [0.29, 0.717) is 30.6 Å². The predicted molar refractivity (Wildman–Crippen MR) is 96.9 cm³/mol. The Morgan fingerprint density at radius 2 is 1.92 bits per heavy atom. The topological polar surface area (TPSA) is 58.6 Å². The van der Waals surface area contributed by atoms with Crippen LogP contribution in [0.4, 0.5) is 0 Å². The average Bonchev–Trinajstić information content (AvgIpc) is 3.38. The summed E-state index contributed by atoms with van der Waals surface area (Å²) in [6, 6.07) is 7.52. The third-order valence-corrected chi connectivity index (χ3v) is 6.59. The van der Waals surface area contributed by atoms with Gasteiger partial charge in [0, 0.05) is 26.2 Å². The molecule has 3 rings (SSSR count). The number of nitrogens with zero attached hydrogens (tertiary/aromatic N) is 1. The molecule has 1 N–H and O–H groups in total. The Labute approximate surface area is 151 Å². The number of hydrogen-bond donors (Lipinski definition) is 1. The van der Waals surface area contributed by atoms with Gasteiger partial charge >= 0.3 is 0 Å². The van der Waals surface area contributed by atoms with Gasteiger partial charge in [-0.05, 0) is 55.8 Å². The maximum Gasteiger partial charge on any atom is 0.243 e. The first-order valence-electron chi connectivity index (χ1n) is 8.41. The zero-order valence-electron chi connectivity index (χ0n) is 14.1. The van der Waals surface area contributed by atoms with Crippen LogP contribution in [0, 0.1) is 5.92 Å². The van der Waals surface area contributed by atoms with Crippen LogP contribution in [0.25, 0.3) is 0 Å². The van der Waals surface area contributed by atoms with Crippen molar-refractivity contribution in [2.75, 3.05) is 26.7 Å². The summed E-state index contributed by atoms with van der Waals surface area (Å²) >= 11 is 0. The van der Waals surface area contributed by atoms with Crippen molar-refractivity contribution in [2.24, 2.45) is 5.92 Å². The fraction of sp³-hybridized carbons (Fsp3) is 0.647. The number of piperidine rings is 1. The number of benzene rings is 1. The molecule has 1 saturated heterocycles. The molecule has 2 aliphatic rings. The minimum Gasteiger partial charge on any atom is -0.380 e. The van der Waals surface area contributed by atoms with Crippen LogP contribution in [0.5, 0.6) is 0 Å². The summed E-state index contributed by atoms with van der Waals surface area (Å²) in [5.74, 6) is 0.861. The van der Waals surface area contributed by atoms with E-state index < -0.39 is 10.0 Å². The molecule has 1 saturated carbocycles. The van der Waals surface area contributed by atoms with Crippen molar-refractivity contribution in [3.63, 3.8) is 0 Å². The molecular formula is C17H27ClN2O3S. The molecule has 0 radical (unpaired) electrons. The van der Waals surface area contributed by atoms with E-state index in [1.165, 1.54) is 12.8 Å². The molecule has 0 aromatic heterocycles. The molecular weight excluding hydrogens is 348 g/mol. The Morgan fingerprint density at radius 1 is 1.21 bits per heavy atom. The summed E-state index contributed by atoms with van der Waals surface area (Å²) in [5, 5.41) is 3.58. The number of ether oxygens (including phenoxy) is 1. The van der Waals surface area contributed by atoms with Crippen molar-refractivity contribution >= 4 is 22.4 Å². The average molecular weight is 375 g/mol. The zero-order valence-corrected chi connectivity index (χ0v) is 15.7. The molecule has 5 nitrogen and oxygen atoms in total. The van der Waals surface area contributed by atoms with Crippen molar-refractivity contribution in [3.8, 4) is 0 Å².